The lowest BCUT2D eigenvalue weighted by atomic mass is 9.77. The van der Waals surface area contributed by atoms with E-state index in [4.69, 9.17) is 38.0 Å². The van der Waals surface area contributed by atoms with E-state index in [1.165, 1.54) is 0 Å². The minimum Gasteiger partial charge on any atom is -0.497 e. The summed E-state index contributed by atoms with van der Waals surface area (Å²) in [7, 11) is -2.82. The van der Waals surface area contributed by atoms with Crippen LogP contribution in [0.2, 0.25) is 36.3 Å². The molecule has 11 nitrogen and oxygen atoms in total. The fourth-order valence-corrected chi connectivity index (χ4v) is 11.3. The molecule has 6 aromatic carbocycles. The van der Waals surface area contributed by atoms with E-state index in [0.717, 1.165) is 44.5 Å². The molecule has 0 unspecified atom stereocenters. The molecule has 72 heavy (non-hydrogen) atoms. The highest BCUT2D eigenvalue weighted by Crippen LogP contribution is 2.46. The second kappa shape index (κ2) is 20.3. The van der Waals surface area contributed by atoms with Crippen LogP contribution in [0, 0.1) is 0 Å². The van der Waals surface area contributed by atoms with E-state index in [1.54, 1.807) is 7.11 Å². The number of hydrogen-bond donors (Lipinski definition) is 2. The van der Waals surface area contributed by atoms with E-state index in [9.17, 15) is 0 Å². The van der Waals surface area contributed by atoms with E-state index in [-0.39, 0.29) is 28.9 Å². The van der Waals surface area contributed by atoms with Crippen molar-refractivity contribution >= 4 is 56.2 Å². The zero-order chi connectivity index (χ0) is 50.9. The predicted molar refractivity (Wildman–Crippen MR) is 296 cm³/mol. The van der Waals surface area contributed by atoms with Crippen molar-refractivity contribution in [3.05, 3.63) is 180 Å². The predicted octanol–water partition coefficient (Wildman–Crippen LogP) is 14.4. The van der Waals surface area contributed by atoms with Gasteiger partial charge in [0.2, 0.25) is 17.8 Å². The number of ether oxygens (including phenoxy) is 3. The summed E-state index contributed by atoms with van der Waals surface area (Å²) in [5.41, 5.74) is 4.80. The number of nitrogens with one attached hydrogen (secondary N) is 2. The average molecular weight is 999 g/mol. The van der Waals surface area contributed by atoms with E-state index in [1.807, 2.05) is 54.6 Å². The smallest absolute Gasteiger partial charge is 0.247 e. The summed E-state index contributed by atoms with van der Waals surface area (Å²) >= 11 is 0. The lowest BCUT2D eigenvalue weighted by Crippen LogP contribution is -2.48. The van der Waals surface area contributed by atoms with Gasteiger partial charge in [-0.2, -0.15) is 9.97 Å². The molecule has 3 atom stereocenters. The summed E-state index contributed by atoms with van der Waals surface area (Å²) in [6.07, 6.45) is -0.665. The molecule has 374 valence electrons. The molecule has 0 amide bonds. The molecule has 0 bridgehead atoms. The lowest BCUT2D eigenvalue weighted by molar-refractivity contribution is -0.0376. The Bertz CT molecular complexity index is 3060. The Kier molecular flexibility index (Phi) is 14.2. The van der Waals surface area contributed by atoms with Gasteiger partial charge in [-0.1, -0.05) is 175 Å². The van der Waals surface area contributed by atoms with Crippen molar-refractivity contribution in [2.24, 2.45) is 0 Å². The second-order valence-electron chi connectivity index (χ2n) is 22.0. The van der Waals surface area contributed by atoms with Crippen LogP contribution < -0.4 is 20.1 Å². The minimum absolute atomic E-state index is 0.00922. The van der Waals surface area contributed by atoms with Crippen molar-refractivity contribution in [2.75, 3.05) is 24.4 Å². The molecule has 1 aliphatic heterocycles. The van der Waals surface area contributed by atoms with Gasteiger partial charge in [-0.05, 0) is 93.6 Å². The van der Waals surface area contributed by atoms with Crippen molar-refractivity contribution in [1.82, 2.24) is 19.5 Å². The summed E-state index contributed by atoms with van der Waals surface area (Å²) in [5, 5.41) is 9.88. The van der Waals surface area contributed by atoms with E-state index in [2.05, 4.69) is 186 Å². The van der Waals surface area contributed by atoms with Crippen LogP contribution in [-0.4, -0.2) is 62.1 Å². The maximum atomic E-state index is 7.35. The van der Waals surface area contributed by atoms with Crippen molar-refractivity contribution < 1.29 is 23.1 Å². The van der Waals surface area contributed by atoms with Gasteiger partial charge in [0.1, 0.15) is 30.2 Å². The SMILES string of the molecule is COc1ccc(C(Nc2nc(OCc3ccccc3)c3nc(Nc4ccc5ccccc5c4)n([C@H]4C[C@H](O[Si](C)(C)C(C)(C)C)[C@@H](CO[Si](C)(C)C(C)(C)C)O4)c3n2)(c2ccccc2)c2ccccc2)cc1. The fraction of sp³-hybridized carbons (Fsp3) is 0.339. The molecule has 1 saturated heterocycles. The number of methoxy groups -OCH3 is 1. The second-order valence-corrected chi connectivity index (χ2v) is 31.5. The van der Waals surface area contributed by atoms with Gasteiger partial charge in [-0.25, -0.2) is 4.98 Å². The van der Waals surface area contributed by atoms with Gasteiger partial charge in [0.15, 0.2) is 27.8 Å². The fourth-order valence-electron chi connectivity index (χ4n) is 8.88. The third-order valence-corrected chi connectivity index (χ3v) is 24.1. The van der Waals surface area contributed by atoms with Crippen LogP contribution in [-0.2, 0) is 25.7 Å². The topological polar surface area (TPSA) is 114 Å². The summed E-state index contributed by atoms with van der Waals surface area (Å²) in [5.74, 6) is 1.93. The van der Waals surface area contributed by atoms with E-state index < -0.39 is 28.4 Å². The Morgan fingerprint density at radius 1 is 0.653 bits per heavy atom. The molecule has 2 N–H and O–H groups in total. The Morgan fingerprint density at radius 2 is 1.24 bits per heavy atom. The number of fused-ring (bicyclic) bond motifs is 2. The normalized spacial score (nSPS) is 16.8. The largest absolute Gasteiger partial charge is 0.497 e. The van der Waals surface area contributed by atoms with Gasteiger partial charge < -0.3 is 33.7 Å². The highest BCUT2D eigenvalue weighted by Gasteiger charge is 2.48. The summed E-state index contributed by atoms with van der Waals surface area (Å²) in [4.78, 5) is 16.2. The van der Waals surface area contributed by atoms with E-state index in [0.29, 0.717) is 42.0 Å². The van der Waals surface area contributed by atoms with Crippen molar-refractivity contribution in [3.63, 3.8) is 0 Å². The maximum absolute atomic E-state index is 7.35. The first-order valence-corrected chi connectivity index (χ1v) is 30.9. The van der Waals surface area contributed by atoms with Gasteiger partial charge in [-0.3, -0.25) is 4.57 Å². The molecule has 3 heterocycles. The molecule has 0 radical (unpaired) electrons. The Balaban J connectivity index is 1.26. The van der Waals surface area contributed by atoms with Crippen LogP contribution in [0.5, 0.6) is 11.6 Å². The molecular formula is C59H70N6O5Si2. The molecule has 1 fully saturated rings. The number of nitrogens with zero attached hydrogens (tertiary/aromatic N) is 4. The lowest BCUT2D eigenvalue weighted by Gasteiger charge is -2.40. The third-order valence-electron chi connectivity index (χ3n) is 15.1. The van der Waals surface area contributed by atoms with Crippen molar-refractivity contribution in [1.29, 1.82) is 0 Å². The quantitative estimate of drug-likeness (QED) is 0.0675. The first-order chi connectivity index (χ1) is 34.3. The van der Waals surface area contributed by atoms with Crippen LogP contribution >= 0.6 is 0 Å². The van der Waals surface area contributed by atoms with Gasteiger partial charge in [0.05, 0.1) is 19.8 Å². The molecular weight excluding hydrogens is 929 g/mol. The Morgan fingerprint density at radius 3 is 1.85 bits per heavy atom. The average Bonchev–Trinajstić information content (AvgIpc) is 3.93. The van der Waals surface area contributed by atoms with Crippen molar-refractivity contribution in [3.8, 4) is 11.6 Å². The molecule has 8 aromatic rings. The zero-order valence-electron chi connectivity index (χ0n) is 43.7. The standard InChI is InChI=1S/C59H70N6O5Si2/c1-57(2,3)71(8,9)68-40-50-49(70-72(10,11)58(4,5)6)38-51(69-50)65-53-52(61-56(65)60-47-34-31-42-25-21-22-26-43(42)37-47)54(67-39-41-23-15-12-16-24-41)63-55(62-53)64-59(44-27-17-13-18-28-44,45-29-19-14-20-30-45)46-32-35-48(66-7)36-33-46/h12-37,49-51H,38-40H2,1-11H3,(H,60,61)(H,62,63,64)/t49-,50+,51+/m0/s1. The third kappa shape index (κ3) is 10.4. The number of imidazole rings is 1. The summed E-state index contributed by atoms with van der Waals surface area (Å²) in [6.45, 7) is 23.5. The van der Waals surface area contributed by atoms with Gasteiger partial charge in [0, 0.05) is 12.1 Å². The van der Waals surface area contributed by atoms with Gasteiger partial charge in [-0.15, -0.1) is 0 Å². The number of anilines is 3. The van der Waals surface area contributed by atoms with Gasteiger partial charge in [0.25, 0.3) is 0 Å². The number of rotatable bonds is 17. The number of benzene rings is 6. The van der Waals surface area contributed by atoms with Crippen LogP contribution in [0.1, 0.15) is 76.4 Å². The van der Waals surface area contributed by atoms with Crippen LogP contribution in [0.25, 0.3) is 21.9 Å². The highest BCUT2D eigenvalue weighted by molar-refractivity contribution is 6.74. The first-order valence-electron chi connectivity index (χ1n) is 25.1. The molecule has 13 heteroatoms. The maximum Gasteiger partial charge on any atom is 0.247 e. The van der Waals surface area contributed by atoms with Gasteiger partial charge >= 0.3 is 0 Å². The number of aromatic nitrogens is 4. The molecule has 0 saturated carbocycles. The highest BCUT2D eigenvalue weighted by atomic mass is 28.4. The molecule has 0 spiro atoms. The molecule has 9 rings (SSSR count). The Hall–Kier alpha value is -6.36. The molecule has 1 aliphatic rings. The van der Waals surface area contributed by atoms with Crippen LogP contribution in [0.15, 0.2) is 158 Å². The minimum atomic E-state index is -2.31. The van der Waals surface area contributed by atoms with Crippen LogP contribution in [0.4, 0.5) is 17.6 Å². The van der Waals surface area contributed by atoms with Crippen LogP contribution in [0.3, 0.4) is 0 Å². The number of hydrogen-bond acceptors (Lipinski definition) is 10. The molecule has 0 aliphatic carbocycles. The summed E-state index contributed by atoms with van der Waals surface area (Å²) < 4.78 is 36.2. The first kappa shape index (κ1) is 50.6. The van der Waals surface area contributed by atoms with Crippen molar-refractivity contribution in [2.45, 2.75) is 115 Å². The monoisotopic (exact) mass is 998 g/mol. The zero-order valence-corrected chi connectivity index (χ0v) is 45.7. The molecule has 2 aromatic heterocycles. The van der Waals surface area contributed by atoms with E-state index >= 15 is 0 Å². The summed E-state index contributed by atoms with van der Waals surface area (Å²) in [6, 6.07) is 53.8. The Labute approximate surface area is 427 Å².